The Morgan fingerprint density at radius 2 is 1.36 bits per heavy atom. The predicted octanol–water partition coefficient (Wildman–Crippen LogP) is -0.238. The van der Waals surface area contributed by atoms with Crippen LogP contribution in [0.2, 0.25) is 0 Å². The molecule has 2 aromatic carbocycles. The Hall–Kier alpha value is -6.70. The van der Waals surface area contributed by atoms with Gasteiger partial charge in [-0.2, -0.15) is 0 Å². The molecule has 2 aromatic rings. The lowest BCUT2D eigenvalue weighted by Gasteiger charge is -2.19. The van der Waals surface area contributed by atoms with E-state index in [0.717, 1.165) is 17.0 Å². The molecule has 7 amide bonds. The zero-order valence-corrected chi connectivity index (χ0v) is 29.6. The molecular formula is C35H41N7O13. The van der Waals surface area contributed by atoms with Gasteiger partial charge in [-0.1, -0.05) is 36.8 Å². The van der Waals surface area contributed by atoms with Gasteiger partial charge < -0.3 is 40.8 Å². The summed E-state index contributed by atoms with van der Waals surface area (Å²) in [6.07, 6.45) is 3.13. The van der Waals surface area contributed by atoms with Crippen LogP contribution < -0.4 is 31.3 Å². The molecule has 0 aromatic heterocycles. The van der Waals surface area contributed by atoms with Gasteiger partial charge in [0.2, 0.25) is 29.5 Å². The number of imide groups is 1. The highest BCUT2D eigenvalue weighted by Gasteiger charge is 2.23. The summed E-state index contributed by atoms with van der Waals surface area (Å²) in [4.78, 5) is 108. The van der Waals surface area contributed by atoms with E-state index in [1.807, 2.05) is 0 Å². The summed E-state index contributed by atoms with van der Waals surface area (Å²) in [5.41, 5.74) is 0.533. The summed E-state index contributed by atoms with van der Waals surface area (Å²) >= 11 is 0. The Morgan fingerprint density at radius 1 is 0.727 bits per heavy atom. The third kappa shape index (κ3) is 16.7. The van der Waals surface area contributed by atoms with Crippen molar-refractivity contribution >= 4 is 53.2 Å². The van der Waals surface area contributed by atoms with Crippen LogP contribution in [-0.4, -0.2) is 109 Å². The Bertz CT molecular complexity index is 1700. The monoisotopic (exact) mass is 767 g/mol. The van der Waals surface area contributed by atoms with Crippen molar-refractivity contribution in [1.29, 1.82) is 0 Å². The molecular weight excluding hydrogens is 726 g/mol. The molecule has 0 aliphatic carbocycles. The van der Waals surface area contributed by atoms with E-state index in [-0.39, 0.29) is 75.0 Å². The lowest BCUT2D eigenvalue weighted by atomic mass is 10.1. The van der Waals surface area contributed by atoms with Gasteiger partial charge in [0.1, 0.15) is 25.1 Å². The number of nitro groups is 1. The average molecular weight is 768 g/mol. The summed E-state index contributed by atoms with van der Waals surface area (Å²) in [5.74, 6) is -3.72. The number of carbonyl (C=O) groups excluding carboxylic acids is 8. The van der Waals surface area contributed by atoms with E-state index in [1.165, 1.54) is 24.3 Å². The first-order chi connectivity index (χ1) is 26.4. The second kappa shape index (κ2) is 23.1. The molecule has 0 radical (unpaired) electrons. The highest BCUT2D eigenvalue weighted by molar-refractivity contribution is 6.12. The van der Waals surface area contributed by atoms with Crippen LogP contribution in [-0.2, 0) is 49.5 Å². The number of benzene rings is 2. The SMILES string of the molecule is O=C(CCCCCN1C(=O)C=CC1=O)NCC(=O)NCC(=O)N[C@@H](Cc1ccccc1)C(=O)NCC(=O)NCOCCOC(=O)Oc1ccc([N+](=O)[O-])cc1. The zero-order valence-electron chi connectivity index (χ0n) is 29.6. The summed E-state index contributed by atoms with van der Waals surface area (Å²) in [5, 5.41) is 22.9. The average Bonchev–Trinajstić information content (AvgIpc) is 3.49. The second-order valence-corrected chi connectivity index (χ2v) is 11.7. The molecule has 1 aliphatic heterocycles. The normalized spacial score (nSPS) is 12.3. The summed E-state index contributed by atoms with van der Waals surface area (Å²) in [7, 11) is 0. The lowest BCUT2D eigenvalue weighted by molar-refractivity contribution is -0.384. The molecule has 0 bridgehead atoms. The van der Waals surface area contributed by atoms with Crippen molar-refractivity contribution in [1.82, 2.24) is 31.5 Å². The first-order valence-electron chi connectivity index (χ1n) is 17.0. The van der Waals surface area contributed by atoms with Crippen LogP contribution in [0.3, 0.4) is 0 Å². The molecule has 1 heterocycles. The molecule has 0 fully saturated rings. The molecule has 0 saturated heterocycles. The molecule has 3 rings (SSSR count). The fourth-order valence-electron chi connectivity index (χ4n) is 4.70. The standard InChI is InChI=1S/C35H41N7O13/c43-28(9-5-2-6-16-41-32(47)14-15-33(41)48)36-20-29(44)37-22-31(46)40-27(19-24-7-3-1-4-8-24)34(49)38-21-30(45)39-23-53-17-18-54-35(50)55-26-12-10-25(11-13-26)42(51)52/h1,3-4,7-8,10-15,27H,2,5-6,9,16-23H2,(H,36,43)(H,37,44)(H,38,49)(H,39,45)(H,40,46)/t27-/m0/s1. The van der Waals surface area contributed by atoms with Crippen molar-refractivity contribution in [3.63, 3.8) is 0 Å². The second-order valence-electron chi connectivity index (χ2n) is 11.7. The van der Waals surface area contributed by atoms with Gasteiger partial charge in [-0.15, -0.1) is 0 Å². The predicted molar refractivity (Wildman–Crippen MR) is 189 cm³/mol. The topological polar surface area (TPSA) is 271 Å². The van der Waals surface area contributed by atoms with Gasteiger partial charge >= 0.3 is 6.16 Å². The maximum Gasteiger partial charge on any atom is 0.513 e. The van der Waals surface area contributed by atoms with Crippen LogP contribution in [0.4, 0.5) is 10.5 Å². The van der Waals surface area contributed by atoms with Crippen LogP contribution >= 0.6 is 0 Å². The molecule has 5 N–H and O–H groups in total. The fraction of sp³-hybridized carbons (Fsp3) is 0.371. The maximum absolute atomic E-state index is 13.0. The molecule has 20 nitrogen and oxygen atoms in total. The maximum atomic E-state index is 13.0. The number of rotatable bonds is 23. The van der Waals surface area contributed by atoms with Crippen LogP contribution in [0.25, 0.3) is 0 Å². The van der Waals surface area contributed by atoms with Crippen LogP contribution in [0.1, 0.15) is 31.2 Å². The minimum absolute atomic E-state index is 0.0370. The quantitative estimate of drug-likeness (QED) is 0.0186. The third-order valence-electron chi connectivity index (χ3n) is 7.50. The number of hydrogen-bond donors (Lipinski definition) is 5. The number of nitrogens with one attached hydrogen (secondary N) is 5. The smallest absolute Gasteiger partial charge is 0.432 e. The molecule has 20 heteroatoms. The van der Waals surface area contributed by atoms with Crippen LogP contribution in [0.5, 0.6) is 5.75 Å². The number of non-ortho nitro benzene ring substituents is 1. The molecule has 55 heavy (non-hydrogen) atoms. The minimum Gasteiger partial charge on any atom is -0.432 e. The van der Waals surface area contributed by atoms with Gasteiger partial charge in [0.25, 0.3) is 17.5 Å². The Kier molecular flexibility index (Phi) is 17.9. The Balaban J connectivity index is 1.29. The Labute approximate surface area is 314 Å². The van der Waals surface area contributed by atoms with E-state index >= 15 is 0 Å². The van der Waals surface area contributed by atoms with E-state index in [1.54, 1.807) is 30.3 Å². The first-order valence-corrected chi connectivity index (χ1v) is 17.0. The van der Waals surface area contributed by atoms with E-state index in [2.05, 4.69) is 26.6 Å². The van der Waals surface area contributed by atoms with Crippen molar-refractivity contribution in [2.75, 3.05) is 46.1 Å². The number of hydrogen-bond acceptors (Lipinski definition) is 13. The molecule has 1 aliphatic rings. The fourth-order valence-corrected chi connectivity index (χ4v) is 4.70. The zero-order chi connectivity index (χ0) is 40.0. The molecule has 0 spiro atoms. The van der Waals surface area contributed by atoms with Crippen LogP contribution in [0.15, 0.2) is 66.7 Å². The number of carbonyl (C=O) groups is 8. The summed E-state index contributed by atoms with van der Waals surface area (Å²) in [6, 6.07) is 12.4. The number of amides is 7. The van der Waals surface area contributed by atoms with E-state index in [0.29, 0.717) is 24.8 Å². The minimum atomic E-state index is -1.11. The highest BCUT2D eigenvalue weighted by atomic mass is 16.7. The number of nitrogens with zero attached hydrogens (tertiary/aromatic N) is 2. The molecule has 1 atom stereocenters. The van der Waals surface area contributed by atoms with Gasteiger partial charge in [-0.05, 0) is 30.5 Å². The molecule has 294 valence electrons. The largest absolute Gasteiger partial charge is 0.513 e. The van der Waals surface area contributed by atoms with Crippen molar-refractivity contribution in [3.05, 3.63) is 82.4 Å². The van der Waals surface area contributed by atoms with Gasteiger partial charge in [-0.3, -0.25) is 48.6 Å². The number of unbranched alkanes of at least 4 members (excludes halogenated alkanes) is 2. The highest BCUT2D eigenvalue weighted by Crippen LogP contribution is 2.17. The summed E-state index contributed by atoms with van der Waals surface area (Å²) < 4.78 is 14.9. The van der Waals surface area contributed by atoms with E-state index in [4.69, 9.17) is 14.2 Å². The molecule has 0 unspecified atom stereocenters. The van der Waals surface area contributed by atoms with Gasteiger partial charge in [0.15, 0.2) is 0 Å². The Morgan fingerprint density at radius 3 is 2.05 bits per heavy atom. The van der Waals surface area contributed by atoms with Crippen molar-refractivity contribution < 1.29 is 57.5 Å². The number of ether oxygens (including phenoxy) is 3. The van der Waals surface area contributed by atoms with Crippen molar-refractivity contribution in [3.8, 4) is 5.75 Å². The van der Waals surface area contributed by atoms with E-state index in [9.17, 15) is 48.5 Å². The van der Waals surface area contributed by atoms with Gasteiger partial charge in [0, 0.05) is 43.7 Å². The van der Waals surface area contributed by atoms with Gasteiger partial charge in [0.05, 0.1) is 31.2 Å². The molecule has 0 saturated carbocycles. The summed E-state index contributed by atoms with van der Waals surface area (Å²) in [6.45, 7) is -1.73. The van der Waals surface area contributed by atoms with Gasteiger partial charge in [-0.25, -0.2) is 4.79 Å². The van der Waals surface area contributed by atoms with Crippen molar-refractivity contribution in [2.24, 2.45) is 0 Å². The van der Waals surface area contributed by atoms with Crippen LogP contribution in [0, 0.1) is 10.1 Å². The first kappa shape index (κ1) is 42.7. The number of nitro benzene ring substituents is 1. The third-order valence-corrected chi connectivity index (χ3v) is 7.50. The van der Waals surface area contributed by atoms with E-state index < -0.39 is 53.8 Å². The van der Waals surface area contributed by atoms with Crippen molar-refractivity contribution in [2.45, 2.75) is 38.1 Å². The lowest BCUT2D eigenvalue weighted by Crippen LogP contribution is -2.52.